The minimum Gasteiger partial charge on any atom is -0.494 e. The third-order valence-corrected chi connectivity index (χ3v) is 3.58. The first-order valence-electron chi connectivity index (χ1n) is 6.81. The molecule has 3 nitrogen and oxygen atoms in total. The molecule has 0 amide bonds. The van der Waals surface area contributed by atoms with Crippen LogP contribution in [0.1, 0.15) is 45.2 Å². The Morgan fingerprint density at radius 1 is 1.30 bits per heavy atom. The van der Waals surface area contributed by atoms with E-state index in [0.717, 1.165) is 22.2 Å². The summed E-state index contributed by atoms with van der Waals surface area (Å²) in [6.45, 7) is 6.81. The minimum atomic E-state index is -0.545. The second-order valence-corrected chi connectivity index (χ2v) is 6.10. The fourth-order valence-corrected chi connectivity index (χ4v) is 2.34. The molecular formula is C15H25BrClNO2. The highest BCUT2D eigenvalue weighted by molar-refractivity contribution is 9.10. The fourth-order valence-electron chi connectivity index (χ4n) is 1.96. The molecule has 0 aliphatic heterocycles. The van der Waals surface area contributed by atoms with Crippen LogP contribution in [0.3, 0.4) is 0 Å². The van der Waals surface area contributed by atoms with Crippen LogP contribution in [0.15, 0.2) is 22.7 Å². The van der Waals surface area contributed by atoms with Crippen LogP contribution in [0.5, 0.6) is 5.75 Å². The van der Waals surface area contributed by atoms with Crippen LogP contribution in [0.25, 0.3) is 0 Å². The zero-order chi connectivity index (χ0) is 14.4. The molecule has 0 spiro atoms. The average Bonchev–Trinajstić information content (AvgIpc) is 2.37. The predicted octanol–water partition coefficient (Wildman–Crippen LogP) is 4.07. The van der Waals surface area contributed by atoms with Crippen LogP contribution in [0.2, 0.25) is 0 Å². The Morgan fingerprint density at radius 3 is 2.50 bits per heavy atom. The standard InChI is InChI=1S/C15H24BrNO2.ClH/c1-4-19-14-8-6-11(16)9-12(14)15(17)13(18)7-5-10(2)3;/h6,8-10,13,15,18H,4-5,7,17H2,1-3H3;1H/t13-,15+;/m1./s1. The van der Waals surface area contributed by atoms with Crippen molar-refractivity contribution in [2.75, 3.05) is 6.61 Å². The highest BCUT2D eigenvalue weighted by atomic mass is 79.9. The molecule has 3 N–H and O–H groups in total. The van der Waals surface area contributed by atoms with E-state index in [4.69, 9.17) is 10.5 Å². The predicted molar refractivity (Wildman–Crippen MR) is 89.6 cm³/mol. The van der Waals surface area contributed by atoms with Gasteiger partial charge in [-0.3, -0.25) is 0 Å². The monoisotopic (exact) mass is 365 g/mol. The first kappa shape index (κ1) is 19.7. The average molecular weight is 367 g/mol. The van der Waals surface area contributed by atoms with Crippen LogP contribution in [0, 0.1) is 5.92 Å². The lowest BCUT2D eigenvalue weighted by Crippen LogP contribution is -2.27. The molecule has 0 radical (unpaired) electrons. The highest BCUT2D eigenvalue weighted by Crippen LogP contribution is 2.30. The molecule has 1 aromatic carbocycles. The number of ether oxygens (including phenoxy) is 1. The molecule has 0 aliphatic carbocycles. The zero-order valence-corrected chi connectivity index (χ0v) is 14.7. The molecule has 0 saturated carbocycles. The molecule has 1 rings (SSSR count). The van der Waals surface area contributed by atoms with Crippen molar-refractivity contribution in [3.05, 3.63) is 28.2 Å². The van der Waals surface area contributed by atoms with Gasteiger partial charge in [0.25, 0.3) is 0 Å². The number of hydrogen-bond donors (Lipinski definition) is 2. The fraction of sp³-hybridized carbons (Fsp3) is 0.600. The van der Waals surface area contributed by atoms with E-state index in [1.807, 2.05) is 25.1 Å². The number of rotatable bonds is 7. The van der Waals surface area contributed by atoms with Gasteiger partial charge in [-0.1, -0.05) is 29.8 Å². The first-order chi connectivity index (χ1) is 8.95. The number of nitrogens with two attached hydrogens (primary N) is 1. The van der Waals surface area contributed by atoms with Gasteiger partial charge in [-0.25, -0.2) is 0 Å². The number of benzene rings is 1. The Morgan fingerprint density at radius 2 is 1.95 bits per heavy atom. The quantitative estimate of drug-likeness (QED) is 0.765. The Hall–Kier alpha value is -0.290. The second-order valence-electron chi connectivity index (χ2n) is 5.18. The molecule has 2 atom stereocenters. The highest BCUT2D eigenvalue weighted by Gasteiger charge is 2.21. The normalized spacial score (nSPS) is 13.8. The summed E-state index contributed by atoms with van der Waals surface area (Å²) in [4.78, 5) is 0. The third kappa shape index (κ3) is 6.00. The molecule has 116 valence electrons. The van der Waals surface area contributed by atoms with Gasteiger partial charge >= 0.3 is 0 Å². The molecule has 0 unspecified atom stereocenters. The summed E-state index contributed by atoms with van der Waals surface area (Å²) in [7, 11) is 0. The van der Waals surface area contributed by atoms with Gasteiger partial charge in [-0.05, 0) is 43.9 Å². The van der Waals surface area contributed by atoms with E-state index in [9.17, 15) is 5.11 Å². The number of hydrogen-bond acceptors (Lipinski definition) is 3. The zero-order valence-electron chi connectivity index (χ0n) is 12.3. The number of halogens is 2. The molecule has 0 saturated heterocycles. The van der Waals surface area contributed by atoms with Gasteiger partial charge in [-0.2, -0.15) is 0 Å². The third-order valence-electron chi connectivity index (χ3n) is 3.09. The summed E-state index contributed by atoms with van der Waals surface area (Å²) >= 11 is 3.43. The van der Waals surface area contributed by atoms with Gasteiger partial charge in [0.2, 0.25) is 0 Å². The number of aliphatic hydroxyl groups excluding tert-OH is 1. The van der Waals surface area contributed by atoms with Gasteiger partial charge in [0, 0.05) is 10.0 Å². The topological polar surface area (TPSA) is 55.5 Å². The van der Waals surface area contributed by atoms with Crippen LogP contribution in [-0.4, -0.2) is 17.8 Å². The van der Waals surface area contributed by atoms with Gasteiger partial charge in [0.15, 0.2) is 0 Å². The smallest absolute Gasteiger partial charge is 0.124 e. The van der Waals surface area contributed by atoms with E-state index in [0.29, 0.717) is 18.9 Å². The summed E-state index contributed by atoms with van der Waals surface area (Å²) < 4.78 is 6.52. The van der Waals surface area contributed by atoms with Crippen molar-refractivity contribution in [2.24, 2.45) is 11.7 Å². The van der Waals surface area contributed by atoms with Crippen molar-refractivity contribution in [2.45, 2.75) is 45.8 Å². The summed E-state index contributed by atoms with van der Waals surface area (Å²) in [6.07, 6.45) is 1.12. The SMILES string of the molecule is CCOc1ccc(Br)cc1[C@H](N)[C@H](O)CCC(C)C.Cl. The van der Waals surface area contributed by atoms with Crippen LogP contribution < -0.4 is 10.5 Å². The maximum Gasteiger partial charge on any atom is 0.124 e. The van der Waals surface area contributed by atoms with E-state index in [1.54, 1.807) is 0 Å². The van der Waals surface area contributed by atoms with E-state index >= 15 is 0 Å². The minimum absolute atomic E-state index is 0. The second kappa shape index (κ2) is 9.61. The summed E-state index contributed by atoms with van der Waals surface area (Å²) in [5.74, 6) is 1.32. The van der Waals surface area contributed by atoms with E-state index in [1.165, 1.54) is 0 Å². The molecule has 0 heterocycles. The Bertz CT molecular complexity index is 401. The van der Waals surface area contributed by atoms with Crippen molar-refractivity contribution in [1.29, 1.82) is 0 Å². The Balaban J connectivity index is 0.00000361. The van der Waals surface area contributed by atoms with Crippen LogP contribution >= 0.6 is 28.3 Å². The van der Waals surface area contributed by atoms with Gasteiger partial charge in [0.05, 0.1) is 18.8 Å². The van der Waals surface area contributed by atoms with E-state index in [2.05, 4.69) is 29.8 Å². The van der Waals surface area contributed by atoms with Gasteiger partial charge in [-0.15, -0.1) is 12.4 Å². The molecular weight excluding hydrogens is 342 g/mol. The lowest BCUT2D eigenvalue weighted by Gasteiger charge is -2.22. The molecule has 20 heavy (non-hydrogen) atoms. The van der Waals surface area contributed by atoms with Gasteiger partial charge < -0.3 is 15.6 Å². The maximum atomic E-state index is 10.2. The lowest BCUT2D eigenvalue weighted by atomic mass is 9.95. The van der Waals surface area contributed by atoms with Gasteiger partial charge in [0.1, 0.15) is 5.75 Å². The first-order valence-corrected chi connectivity index (χ1v) is 7.60. The molecule has 5 heteroatoms. The summed E-state index contributed by atoms with van der Waals surface area (Å²) in [6, 6.07) is 5.31. The number of aliphatic hydroxyl groups is 1. The molecule has 0 aromatic heterocycles. The lowest BCUT2D eigenvalue weighted by molar-refractivity contribution is 0.126. The Kier molecular flexibility index (Phi) is 9.47. The maximum absolute atomic E-state index is 10.2. The van der Waals surface area contributed by atoms with Crippen molar-refractivity contribution in [1.82, 2.24) is 0 Å². The largest absolute Gasteiger partial charge is 0.494 e. The van der Waals surface area contributed by atoms with Crippen LogP contribution in [0.4, 0.5) is 0 Å². The molecule has 1 aromatic rings. The molecule has 0 bridgehead atoms. The molecule has 0 aliphatic rings. The van der Waals surface area contributed by atoms with Crippen molar-refractivity contribution < 1.29 is 9.84 Å². The summed E-state index contributed by atoms with van der Waals surface area (Å²) in [5.41, 5.74) is 7.03. The Labute approximate surface area is 136 Å². The summed E-state index contributed by atoms with van der Waals surface area (Å²) in [5, 5.41) is 10.2. The van der Waals surface area contributed by atoms with Crippen molar-refractivity contribution in [3.8, 4) is 5.75 Å². The molecule has 0 fully saturated rings. The van der Waals surface area contributed by atoms with Crippen molar-refractivity contribution in [3.63, 3.8) is 0 Å². The van der Waals surface area contributed by atoms with E-state index in [-0.39, 0.29) is 12.4 Å². The van der Waals surface area contributed by atoms with E-state index < -0.39 is 12.1 Å². The van der Waals surface area contributed by atoms with Crippen LogP contribution in [-0.2, 0) is 0 Å². The van der Waals surface area contributed by atoms with Crippen molar-refractivity contribution >= 4 is 28.3 Å².